The Morgan fingerprint density at radius 1 is 1.33 bits per heavy atom. The number of aldehydes is 1. The molecule has 0 unspecified atom stereocenters. The zero-order valence-corrected chi connectivity index (χ0v) is 11.0. The second kappa shape index (κ2) is 7.33. The highest BCUT2D eigenvalue weighted by Crippen LogP contribution is 2.24. The molecule has 0 saturated heterocycles. The maximum absolute atomic E-state index is 12.1. The highest BCUT2D eigenvalue weighted by molar-refractivity contribution is 5.77. The second-order valence-electron chi connectivity index (χ2n) is 3.74. The molecular weight excluding hydrogens is 289 g/mol. The lowest BCUT2D eigenvalue weighted by molar-refractivity contribution is -0.274. The molecule has 0 N–H and O–H groups in total. The Morgan fingerprint density at radius 3 is 2.62 bits per heavy atom. The van der Waals surface area contributed by atoms with Crippen LogP contribution in [0.4, 0.5) is 13.2 Å². The van der Waals surface area contributed by atoms with Gasteiger partial charge in [-0.1, -0.05) is 11.8 Å². The van der Waals surface area contributed by atoms with E-state index in [1.807, 2.05) is 0 Å². The molecule has 0 radical (unpaired) electrons. The first-order valence-electron chi connectivity index (χ1n) is 5.84. The van der Waals surface area contributed by atoms with E-state index in [0.717, 1.165) is 12.1 Å². The average Bonchev–Trinajstić information content (AvgIpc) is 2.36. The van der Waals surface area contributed by atoms with Gasteiger partial charge < -0.3 is 9.47 Å². The molecule has 0 aliphatic carbocycles. The van der Waals surface area contributed by atoms with E-state index in [0.29, 0.717) is 6.29 Å². The lowest BCUT2D eigenvalue weighted by Crippen LogP contribution is -2.17. The van der Waals surface area contributed by atoms with Crippen molar-refractivity contribution in [2.75, 3.05) is 6.61 Å². The molecule has 4 nitrogen and oxygen atoms in total. The minimum atomic E-state index is -4.86. The number of hydrogen-bond acceptors (Lipinski definition) is 4. The predicted octanol–water partition coefficient (Wildman–Crippen LogP) is 2.70. The number of hydrogen-bond donors (Lipinski definition) is 0. The molecule has 1 aromatic rings. The highest BCUT2D eigenvalue weighted by atomic mass is 19.4. The van der Waals surface area contributed by atoms with E-state index in [4.69, 9.17) is 0 Å². The molecule has 1 aromatic carbocycles. The van der Waals surface area contributed by atoms with Gasteiger partial charge in [-0.25, -0.2) is 0 Å². The quantitative estimate of drug-likeness (QED) is 0.487. The van der Waals surface area contributed by atoms with Crippen LogP contribution >= 0.6 is 0 Å². The van der Waals surface area contributed by atoms with Gasteiger partial charge in [-0.15, -0.1) is 13.2 Å². The van der Waals surface area contributed by atoms with Crippen molar-refractivity contribution in [1.82, 2.24) is 0 Å². The topological polar surface area (TPSA) is 52.6 Å². The highest BCUT2D eigenvalue weighted by Gasteiger charge is 2.31. The molecule has 7 heteroatoms. The summed E-state index contributed by atoms with van der Waals surface area (Å²) in [7, 11) is 0. The Balaban J connectivity index is 2.92. The van der Waals surface area contributed by atoms with Crippen LogP contribution in [0.15, 0.2) is 18.2 Å². The maximum Gasteiger partial charge on any atom is 0.573 e. The summed E-state index contributed by atoms with van der Waals surface area (Å²) in [5.41, 5.74) is 0.111. The Labute approximate surface area is 118 Å². The number of carbonyl (C=O) groups excluding carboxylic acids is 2. The van der Waals surface area contributed by atoms with E-state index >= 15 is 0 Å². The van der Waals surface area contributed by atoms with Gasteiger partial charge in [0.15, 0.2) is 0 Å². The van der Waals surface area contributed by atoms with Gasteiger partial charge in [0.25, 0.3) is 0 Å². The van der Waals surface area contributed by atoms with Crippen molar-refractivity contribution in [3.05, 3.63) is 29.3 Å². The van der Waals surface area contributed by atoms with Crippen molar-refractivity contribution in [2.45, 2.75) is 19.7 Å². The molecule has 0 saturated carbocycles. The van der Waals surface area contributed by atoms with Gasteiger partial charge in [0.05, 0.1) is 6.61 Å². The molecule has 21 heavy (non-hydrogen) atoms. The van der Waals surface area contributed by atoms with Crippen molar-refractivity contribution in [2.24, 2.45) is 0 Å². The number of alkyl halides is 3. The first-order chi connectivity index (χ1) is 9.84. The molecular formula is C14H11F3O4. The van der Waals surface area contributed by atoms with E-state index in [1.54, 1.807) is 6.92 Å². The molecule has 0 heterocycles. The number of carbonyl (C=O) groups is 2. The fourth-order valence-corrected chi connectivity index (χ4v) is 1.39. The SMILES string of the molecule is CCOC(=O)CC#Cc1cc(C=O)cc(OC(F)(F)F)c1. The van der Waals surface area contributed by atoms with E-state index in [1.165, 1.54) is 6.07 Å². The van der Waals surface area contributed by atoms with Crippen LogP contribution in [0.1, 0.15) is 29.3 Å². The van der Waals surface area contributed by atoms with Crippen LogP contribution in [0.25, 0.3) is 0 Å². The third kappa shape index (κ3) is 6.47. The molecule has 0 fully saturated rings. The molecule has 112 valence electrons. The van der Waals surface area contributed by atoms with Gasteiger partial charge in [0.1, 0.15) is 18.5 Å². The molecule has 0 aromatic heterocycles. The summed E-state index contributed by atoms with van der Waals surface area (Å²) in [5, 5.41) is 0. The standard InChI is InChI=1S/C14H11F3O4/c1-2-20-13(19)5-3-4-10-6-11(9-18)8-12(7-10)21-14(15,16)17/h6-9H,2,5H2,1H3. The lowest BCUT2D eigenvalue weighted by Gasteiger charge is -2.09. The molecule has 0 aliphatic heterocycles. The van der Waals surface area contributed by atoms with Crippen molar-refractivity contribution in [3.8, 4) is 17.6 Å². The van der Waals surface area contributed by atoms with E-state index < -0.39 is 18.1 Å². The van der Waals surface area contributed by atoms with Crippen molar-refractivity contribution >= 4 is 12.3 Å². The largest absolute Gasteiger partial charge is 0.573 e. The summed E-state index contributed by atoms with van der Waals surface area (Å²) in [6.07, 6.45) is -4.69. The van der Waals surface area contributed by atoms with Gasteiger partial charge in [-0.05, 0) is 25.1 Å². The van der Waals surface area contributed by atoms with Crippen LogP contribution in [0, 0.1) is 11.8 Å². The zero-order valence-electron chi connectivity index (χ0n) is 11.0. The first kappa shape index (κ1) is 16.6. The Hall–Kier alpha value is -2.49. The smallest absolute Gasteiger partial charge is 0.465 e. The van der Waals surface area contributed by atoms with Gasteiger partial charge in [0, 0.05) is 11.1 Å². The third-order valence-electron chi connectivity index (χ3n) is 2.07. The average molecular weight is 300 g/mol. The Morgan fingerprint density at radius 2 is 2.05 bits per heavy atom. The Bertz CT molecular complexity index is 582. The summed E-state index contributed by atoms with van der Waals surface area (Å²) in [6, 6.07) is 3.25. The van der Waals surface area contributed by atoms with Crippen LogP contribution in [-0.2, 0) is 9.53 Å². The van der Waals surface area contributed by atoms with Crippen molar-refractivity contribution in [3.63, 3.8) is 0 Å². The summed E-state index contributed by atoms with van der Waals surface area (Å²) in [5.74, 6) is 3.84. The molecule has 0 aliphatic rings. The number of rotatable bonds is 4. The summed E-state index contributed by atoms with van der Waals surface area (Å²) in [6.45, 7) is 1.85. The minimum Gasteiger partial charge on any atom is -0.465 e. The van der Waals surface area contributed by atoms with Gasteiger partial charge >= 0.3 is 12.3 Å². The van der Waals surface area contributed by atoms with E-state index in [9.17, 15) is 22.8 Å². The first-order valence-corrected chi connectivity index (χ1v) is 5.84. The zero-order chi connectivity index (χ0) is 15.9. The van der Waals surface area contributed by atoms with Gasteiger partial charge in [-0.3, -0.25) is 9.59 Å². The van der Waals surface area contributed by atoms with E-state index in [-0.39, 0.29) is 24.2 Å². The van der Waals surface area contributed by atoms with Crippen molar-refractivity contribution < 1.29 is 32.2 Å². The van der Waals surface area contributed by atoms with Crippen LogP contribution in [0.2, 0.25) is 0 Å². The van der Waals surface area contributed by atoms with Gasteiger partial charge in [0.2, 0.25) is 0 Å². The van der Waals surface area contributed by atoms with Crippen LogP contribution < -0.4 is 4.74 Å². The van der Waals surface area contributed by atoms with Crippen LogP contribution in [0.5, 0.6) is 5.75 Å². The summed E-state index contributed by atoms with van der Waals surface area (Å²) < 4.78 is 44.8. The van der Waals surface area contributed by atoms with Crippen LogP contribution in [-0.4, -0.2) is 25.2 Å². The monoisotopic (exact) mass is 300 g/mol. The molecule has 0 atom stereocenters. The minimum absolute atomic E-state index is 0.0165. The molecule has 0 bridgehead atoms. The predicted molar refractivity (Wildman–Crippen MR) is 66.6 cm³/mol. The van der Waals surface area contributed by atoms with Gasteiger partial charge in [-0.2, -0.15) is 0 Å². The number of benzene rings is 1. The fraction of sp³-hybridized carbons (Fsp3) is 0.286. The Kier molecular flexibility index (Phi) is 5.79. The number of esters is 1. The second-order valence-corrected chi connectivity index (χ2v) is 3.74. The maximum atomic E-state index is 12.1. The number of halogens is 3. The summed E-state index contributed by atoms with van der Waals surface area (Å²) in [4.78, 5) is 21.7. The van der Waals surface area contributed by atoms with Crippen molar-refractivity contribution in [1.29, 1.82) is 0 Å². The molecule has 0 spiro atoms. The normalized spacial score (nSPS) is 10.3. The third-order valence-corrected chi connectivity index (χ3v) is 2.07. The summed E-state index contributed by atoms with van der Waals surface area (Å²) >= 11 is 0. The lowest BCUT2D eigenvalue weighted by atomic mass is 10.1. The van der Waals surface area contributed by atoms with Crippen LogP contribution in [0.3, 0.4) is 0 Å². The van der Waals surface area contributed by atoms with E-state index in [2.05, 4.69) is 21.3 Å². The number of ether oxygens (including phenoxy) is 2. The molecule has 1 rings (SSSR count). The molecule has 0 amide bonds. The fourth-order valence-electron chi connectivity index (χ4n) is 1.39.